The molecule has 0 atom stereocenters. The molecule has 0 saturated carbocycles. The summed E-state index contributed by atoms with van der Waals surface area (Å²) in [5, 5.41) is 1.89. The number of benzene rings is 2. The molecule has 0 radical (unpaired) electrons. The van der Waals surface area contributed by atoms with Crippen LogP contribution >= 0.6 is 11.3 Å². The van der Waals surface area contributed by atoms with Gasteiger partial charge in [0.25, 0.3) is 0 Å². The number of anilines is 1. The van der Waals surface area contributed by atoms with E-state index >= 15 is 0 Å². The van der Waals surface area contributed by atoms with Gasteiger partial charge in [-0.05, 0) is 24.3 Å². The van der Waals surface area contributed by atoms with Crippen molar-refractivity contribution in [3.63, 3.8) is 0 Å². The number of sulfonamides is 1. The monoisotopic (exact) mass is 482 g/mol. The van der Waals surface area contributed by atoms with Crippen LogP contribution in [-0.4, -0.2) is 18.9 Å². The van der Waals surface area contributed by atoms with E-state index in [1.54, 1.807) is 5.38 Å². The predicted octanol–water partition coefficient (Wildman–Crippen LogP) is 5.67. The summed E-state index contributed by atoms with van der Waals surface area (Å²) >= 11 is 1.10. The lowest BCUT2D eigenvalue weighted by Crippen LogP contribution is -2.29. The fourth-order valence-corrected chi connectivity index (χ4v) is 3.71. The van der Waals surface area contributed by atoms with Gasteiger partial charge in [0.2, 0.25) is 0 Å². The van der Waals surface area contributed by atoms with Crippen LogP contribution in [0.4, 0.5) is 32.0 Å². The molecular formula is C18H12F6N2O3S2. The molecule has 3 aromatic rings. The first kappa shape index (κ1) is 22.9. The van der Waals surface area contributed by atoms with Gasteiger partial charge in [0.05, 0.1) is 16.9 Å². The topological polar surface area (TPSA) is 68.3 Å². The molecule has 13 heteroatoms. The first-order chi connectivity index (χ1) is 14.3. The average molecular weight is 482 g/mol. The van der Waals surface area contributed by atoms with Crippen LogP contribution in [-0.2, 0) is 22.8 Å². The fraction of sp³-hybridized carbons (Fsp3) is 0.167. The largest absolute Gasteiger partial charge is 0.516 e. The molecule has 0 aliphatic heterocycles. The second-order valence-electron chi connectivity index (χ2n) is 6.09. The number of alkyl halides is 6. The number of rotatable bonds is 6. The fourth-order valence-electron chi connectivity index (χ4n) is 2.35. The van der Waals surface area contributed by atoms with Crippen molar-refractivity contribution in [2.24, 2.45) is 0 Å². The molecule has 0 spiro atoms. The highest BCUT2D eigenvalue weighted by atomic mass is 32.2. The highest BCUT2D eigenvalue weighted by Crippen LogP contribution is 2.33. The van der Waals surface area contributed by atoms with Crippen molar-refractivity contribution in [1.29, 1.82) is 0 Å². The summed E-state index contributed by atoms with van der Waals surface area (Å²) in [7, 11) is -5.57. The molecule has 0 aliphatic carbocycles. The van der Waals surface area contributed by atoms with E-state index in [0.717, 1.165) is 35.6 Å². The average Bonchev–Trinajstić information content (AvgIpc) is 3.14. The number of ether oxygens (including phenoxy) is 1. The first-order valence-corrected chi connectivity index (χ1v) is 10.7. The molecule has 1 heterocycles. The number of nitrogens with one attached hydrogen (secondary N) is 1. The first-order valence-electron chi connectivity index (χ1n) is 8.29. The Bertz CT molecular complexity index is 1170. The molecule has 0 aliphatic rings. The van der Waals surface area contributed by atoms with Crippen LogP contribution < -0.4 is 9.46 Å². The van der Waals surface area contributed by atoms with Gasteiger partial charge in [-0.1, -0.05) is 18.2 Å². The molecule has 3 rings (SSSR count). The van der Waals surface area contributed by atoms with Gasteiger partial charge in [0, 0.05) is 17.0 Å². The minimum absolute atomic E-state index is 0.0657. The number of hydrogen-bond donors (Lipinski definition) is 1. The van der Waals surface area contributed by atoms with Crippen LogP contribution in [0, 0.1) is 0 Å². The third kappa shape index (κ3) is 5.67. The number of aromatic nitrogens is 1. The molecule has 5 nitrogen and oxygen atoms in total. The highest BCUT2D eigenvalue weighted by Gasteiger charge is 2.46. The van der Waals surface area contributed by atoms with Crippen molar-refractivity contribution in [2.45, 2.75) is 18.3 Å². The molecule has 0 fully saturated rings. The molecule has 166 valence electrons. The van der Waals surface area contributed by atoms with Crippen LogP contribution in [0.5, 0.6) is 5.75 Å². The molecule has 31 heavy (non-hydrogen) atoms. The minimum atomic E-state index is -5.57. The lowest BCUT2D eigenvalue weighted by molar-refractivity contribution is -0.137. The minimum Gasteiger partial charge on any atom is -0.487 e. The van der Waals surface area contributed by atoms with E-state index in [1.165, 1.54) is 29.0 Å². The van der Waals surface area contributed by atoms with Gasteiger partial charge >= 0.3 is 21.7 Å². The molecule has 1 aromatic heterocycles. The Hall–Kier alpha value is -2.80. The van der Waals surface area contributed by atoms with Crippen molar-refractivity contribution >= 4 is 27.0 Å². The van der Waals surface area contributed by atoms with E-state index in [1.807, 2.05) is 0 Å². The molecule has 0 saturated heterocycles. The van der Waals surface area contributed by atoms with Crippen molar-refractivity contribution in [1.82, 2.24) is 4.98 Å². The normalized spacial score (nSPS) is 12.6. The summed E-state index contributed by atoms with van der Waals surface area (Å²) in [6.07, 6.45) is -4.49. The van der Waals surface area contributed by atoms with Crippen molar-refractivity contribution in [3.8, 4) is 16.3 Å². The quantitative estimate of drug-likeness (QED) is 0.460. The second-order valence-corrected chi connectivity index (χ2v) is 8.62. The number of nitrogens with zero attached hydrogens (tertiary/aromatic N) is 1. The molecule has 0 bridgehead atoms. The third-order valence-electron chi connectivity index (χ3n) is 3.77. The number of hydrogen-bond acceptors (Lipinski definition) is 5. The van der Waals surface area contributed by atoms with Crippen LogP contribution in [0.2, 0.25) is 0 Å². The number of thiazole rings is 1. The summed E-state index contributed by atoms with van der Waals surface area (Å²) in [5.41, 5.74) is -5.98. The summed E-state index contributed by atoms with van der Waals surface area (Å²) < 4.78 is 105. The number of halogens is 6. The standard InChI is InChI=1S/C18H12F6N2O3S2/c19-17(20,21)12-4-1-3-11(7-12)16-25-14(10-30-16)9-29-15-6-2-5-13(8-15)26-31(27,28)18(22,23)24/h1-8,10,26H,9H2. The van der Waals surface area contributed by atoms with E-state index in [2.05, 4.69) is 4.98 Å². The lowest BCUT2D eigenvalue weighted by Gasteiger charge is -2.11. The molecule has 2 aromatic carbocycles. The zero-order chi connectivity index (χ0) is 22.9. The second kappa shape index (κ2) is 8.38. The van der Waals surface area contributed by atoms with E-state index in [9.17, 15) is 34.8 Å². The van der Waals surface area contributed by atoms with Gasteiger partial charge in [-0.25, -0.2) is 4.98 Å². The van der Waals surface area contributed by atoms with Crippen LogP contribution in [0.25, 0.3) is 10.6 Å². The maximum atomic E-state index is 12.9. The Balaban J connectivity index is 1.69. The highest BCUT2D eigenvalue weighted by molar-refractivity contribution is 7.93. The summed E-state index contributed by atoms with van der Waals surface area (Å²) in [6, 6.07) is 9.53. The molecule has 1 N–H and O–H groups in total. The Morgan fingerprint density at radius 1 is 1.00 bits per heavy atom. The summed E-state index contributed by atoms with van der Waals surface area (Å²) in [6.45, 7) is -0.134. The van der Waals surface area contributed by atoms with Crippen molar-refractivity contribution < 1.29 is 39.5 Å². The molecule has 0 unspecified atom stereocenters. The van der Waals surface area contributed by atoms with Gasteiger partial charge < -0.3 is 4.74 Å². The van der Waals surface area contributed by atoms with E-state index in [0.29, 0.717) is 10.7 Å². The van der Waals surface area contributed by atoms with E-state index in [-0.39, 0.29) is 23.6 Å². The van der Waals surface area contributed by atoms with Gasteiger partial charge in [-0.2, -0.15) is 34.8 Å². The Kier molecular flexibility index (Phi) is 6.18. The smallest absolute Gasteiger partial charge is 0.487 e. The van der Waals surface area contributed by atoms with Crippen molar-refractivity contribution in [2.75, 3.05) is 4.72 Å². The SMILES string of the molecule is O=S(=O)(Nc1cccc(OCc2csc(-c3cccc(C(F)(F)F)c3)n2)c1)C(F)(F)F. The van der Waals surface area contributed by atoms with Crippen LogP contribution in [0.3, 0.4) is 0 Å². The van der Waals surface area contributed by atoms with Gasteiger partial charge in [-0.15, -0.1) is 11.3 Å². The van der Waals surface area contributed by atoms with Gasteiger partial charge in [-0.3, -0.25) is 4.72 Å². The predicted molar refractivity (Wildman–Crippen MR) is 102 cm³/mol. The zero-order valence-corrected chi connectivity index (χ0v) is 16.8. The zero-order valence-electron chi connectivity index (χ0n) is 15.2. The van der Waals surface area contributed by atoms with Gasteiger partial charge in [0.15, 0.2) is 0 Å². The lowest BCUT2D eigenvalue weighted by atomic mass is 10.1. The van der Waals surface area contributed by atoms with E-state index < -0.39 is 27.3 Å². The third-order valence-corrected chi connectivity index (χ3v) is 5.82. The Morgan fingerprint density at radius 3 is 2.39 bits per heavy atom. The summed E-state index contributed by atoms with van der Waals surface area (Å²) in [5.74, 6) is 0.0657. The van der Waals surface area contributed by atoms with Gasteiger partial charge in [0.1, 0.15) is 17.4 Å². The molecule has 0 amide bonds. The van der Waals surface area contributed by atoms with Crippen LogP contribution in [0.15, 0.2) is 53.9 Å². The van der Waals surface area contributed by atoms with E-state index in [4.69, 9.17) is 4.74 Å². The maximum Gasteiger partial charge on any atom is 0.516 e. The Labute approximate surface area is 176 Å². The maximum absolute atomic E-state index is 12.9. The summed E-state index contributed by atoms with van der Waals surface area (Å²) in [4.78, 5) is 4.20. The Morgan fingerprint density at radius 2 is 1.71 bits per heavy atom. The van der Waals surface area contributed by atoms with Crippen LogP contribution in [0.1, 0.15) is 11.3 Å². The molecular weight excluding hydrogens is 470 g/mol. The van der Waals surface area contributed by atoms with Crippen molar-refractivity contribution in [3.05, 3.63) is 65.2 Å².